The molecule has 0 fully saturated rings. The topological polar surface area (TPSA) is 89.5 Å². The number of pyridine rings is 1. The largest absolute Gasteiger partial charge is 0.444 e. The Morgan fingerprint density at radius 3 is 2.05 bits per heavy atom. The Labute approximate surface area is 249 Å². The molecule has 0 aliphatic heterocycles. The second-order valence-corrected chi connectivity index (χ2v) is 12.9. The van der Waals surface area contributed by atoms with Gasteiger partial charge in [0.2, 0.25) is 0 Å². The van der Waals surface area contributed by atoms with E-state index in [-0.39, 0.29) is 0 Å². The number of nitrogens with zero attached hydrogens (tertiary/aromatic N) is 1. The third-order valence-corrected chi connectivity index (χ3v) is 6.73. The van der Waals surface area contributed by atoms with Crippen LogP contribution in [0.5, 0.6) is 0 Å². The smallest absolute Gasteiger partial charge is 0.412 e. The van der Waals surface area contributed by atoms with Crippen molar-refractivity contribution < 1.29 is 19.1 Å². The van der Waals surface area contributed by atoms with Gasteiger partial charge in [-0.25, -0.2) is 14.6 Å². The Morgan fingerprint density at radius 1 is 0.810 bits per heavy atom. The van der Waals surface area contributed by atoms with Crippen molar-refractivity contribution in [3.05, 3.63) is 66.2 Å². The van der Waals surface area contributed by atoms with Gasteiger partial charge in [-0.3, -0.25) is 10.6 Å². The lowest BCUT2D eigenvalue weighted by molar-refractivity contribution is 0.0624. The van der Waals surface area contributed by atoms with Crippen LogP contribution in [0.25, 0.3) is 32.9 Å². The van der Waals surface area contributed by atoms with Crippen LogP contribution < -0.4 is 10.6 Å². The number of nitrogens with one attached hydrogen (secondary N) is 2. The van der Waals surface area contributed by atoms with E-state index < -0.39 is 23.4 Å². The lowest BCUT2D eigenvalue weighted by Crippen LogP contribution is -2.27. The fourth-order valence-corrected chi connectivity index (χ4v) is 5.12. The Kier molecular flexibility index (Phi) is 9.09. The first-order valence-electron chi connectivity index (χ1n) is 14.7. The van der Waals surface area contributed by atoms with Gasteiger partial charge in [-0.1, -0.05) is 69.2 Å². The standard InChI is InChI=1S/C35H43N3O4/c1-9-13-22(2)20-28-29(37-33(40)42-35(6,7)8)19-18-26-25-17-16-24(36-32(39)41-34(3,4)5)21-27(25)30(38-31(26)28)23-14-11-10-12-15-23/h10-12,14-19,21-22H,9,13,20H2,1-8H3,(H,36,39)(H,37,40). The van der Waals surface area contributed by atoms with Crippen LogP contribution in [0.15, 0.2) is 60.7 Å². The summed E-state index contributed by atoms with van der Waals surface area (Å²) in [6.45, 7) is 15.5. The predicted molar refractivity (Wildman–Crippen MR) is 172 cm³/mol. The fourth-order valence-electron chi connectivity index (χ4n) is 5.12. The van der Waals surface area contributed by atoms with Gasteiger partial charge >= 0.3 is 12.2 Å². The second-order valence-electron chi connectivity index (χ2n) is 12.9. The number of hydrogen-bond acceptors (Lipinski definition) is 5. The summed E-state index contributed by atoms with van der Waals surface area (Å²) in [5.74, 6) is 0.387. The molecular weight excluding hydrogens is 526 g/mol. The number of carbonyl (C=O) groups excluding carboxylic acids is 2. The molecule has 1 aromatic heterocycles. The molecule has 0 saturated carbocycles. The normalized spacial score (nSPS) is 12.7. The number of hydrogen-bond donors (Lipinski definition) is 2. The highest BCUT2D eigenvalue weighted by atomic mass is 16.6. The summed E-state index contributed by atoms with van der Waals surface area (Å²) in [4.78, 5) is 30.7. The summed E-state index contributed by atoms with van der Waals surface area (Å²) in [6, 6.07) is 19.8. The van der Waals surface area contributed by atoms with Gasteiger partial charge < -0.3 is 9.47 Å². The molecule has 0 aliphatic carbocycles. The molecule has 3 aromatic carbocycles. The van der Waals surface area contributed by atoms with Gasteiger partial charge in [-0.05, 0) is 77.5 Å². The first-order chi connectivity index (χ1) is 19.7. The van der Waals surface area contributed by atoms with Crippen LogP contribution in [0.2, 0.25) is 0 Å². The van der Waals surface area contributed by atoms with Gasteiger partial charge in [-0.2, -0.15) is 0 Å². The van der Waals surface area contributed by atoms with E-state index in [2.05, 4.69) is 24.5 Å². The van der Waals surface area contributed by atoms with E-state index in [0.29, 0.717) is 17.3 Å². The van der Waals surface area contributed by atoms with Crippen molar-refractivity contribution in [1.29, 1.82) is 0 Å². The summed E-state index contributed by atoms with van der Waals surface area (Å²) in [7, 11) is 0. The van der Waals surface area contributed by atoms with Crippen LogP contribution in [0.4, 0.5) is 21.0 Å². The van der Waals surface area contributed by atoms with Crippen molar-refractivity contribution in [2.24, 2.45) is 5.92 Å². The zero-order valence-corrected chi connectivity index (χ0v) is 26.1. The van der Waals surface area contributed by atoms with Crippen LogP contribution in [0.3, 0.4) is 0 Å². The maximum atomic E-state index is 12.8. The Bertz CT molecular complexity index is 1580. The van der Waals surface area contributed by atoms with Gasteiger partial charge in [0, 0.05) is 33.3 Å². The molecule has 0 spiro atoms. The lowest BCUT2D eigenvalue weighted by Gasteiger charge is -2.22. The molecule has 4 aromatic rings. The number of fused-ring (bicyclic) bond motifs is 3. The number of amides is 2. The summed E-state index contributed by atoms with van der Waals surface area (Å²) in [6.07, 6.45) is 1.87. The molecule has 7 nitrogen and oxygen atoms in total. The SMILES string of the molecule is CCCC(C)Cc1c(NC(=O)OC(C)(C)C)ccc2c1nc(-c1ccccc1)c1cc(NC(=O)OC(C)(C)C)ccc12. The monoisotopic (exact) mass is 569 g/mol. The van der Waals surface area contributed by atoms with Gasteiger partial charge in [0.15, 0.2) is 0 Å². The summed E-state index contributed by atoms with van der Waals surface area (Å²) < 4.78 is 11.1. The number of ether oxygens (including phenoxy) is 2. The maximum absolute atomic E-state index is 12.8. The first-order valence-corrected chi connectivity index (χ1v) is 14.7. The minimum atomic E-state index is -0.615. The minimum Gasteiger partial charge on any atom is -0.444 e. The summed E-state index contributed by atoms with van der Waals surface area (Å²) >= 11 is 0. The van der Waals surface area contributed by atoms with Gasteiger partial charge in [0.25, 0.3) is 0 Å². The highest BCUT2D eigenvalue weighted by Crippen LogP contribution is 2.38. The van der Waals surface area contributed by atoms with Gasteiger partial charge in [0.05, 0.1) is 11.2 Å². The Balaban J connectivity index is 1.93. The van der Waals surface area contributed by atoms with Crippen LogP contribution >= 0.6 is 0 Å². The maximum Gasteiger partial charge on any atom is 0.412 e. The van der Waals surface area contributed by atoms with Crippen LogP contribution in [-0.4, -0.2) is 28.4 Å². The summed E-state index contributed by atoms with van der Waals surface area (Å²) in [5.41, 5.74) is 3.67. The summed E-state index contributed by atoms with van der Waals surface area (Å²) in [5, 5.41) is 8.75. The average Bonchev–Trinajstić information content (AvgIpc) is 2.87. The molecule has 0 bridgehead atoms. The molecular formula is C35H43N3O4. The van der Waals surface area contributed by atoms with Crippen molar-refractivity contribution >= 4 is 45.2 Å². The fraction of sp³-hybridized carbons (Fsp3) is 0.400. The van der Waals surface area contributed by atoms with Crippen molar-refractivity contribution in [3.63, 3.8) is 0 Å². The molecule has 2 amide bonds. The Morgan fingerprint density at radius 2 is 1.43 bits per heavy atom. The number of rotatable bonds is 7. The quantitative estimate of drug-likeness (QED) is 0.216. The van der Waals surface area contributed by atoms with E-state index in [1.807, 2.05) is 102 Å². The first kappa shape index (κ1) is 30.8. The number of carbonyl (C=O) groups is 2. The molecule has 1 heterocycles. The van der Waals surface area contributed by atoms with Crippen LogP contribution in [-0.2, 0) is 15.9 Å². The molecule has 0 aliphatic rings. The zero-order valence-electron chi connectivity index (χ0n) is 26.1. The van der Waals surface area contributed by atoms with E-state index in [1.165, 1.54) is 0 Å². The second kappa shape index (κ2) is 12.4. The van der Waals surface area contributed by atoms with Gasteiger partial charge in [0.1, 0.15) is 11.2 Å². The van der Waals surface area contributed by atoms with E-state index >= 15 is 0 Å². The van der Waals surface area contributed by atoms with Crippen LogP contribution in [0.1, 0.15) is 73.8 Å². The molecule has 1 atom stereocenters. The molecule has 0 saturated heterocycles. The average molecular weight is 570 g/mol. The lowest BCUT2D eigenvalue weighted by atomic mass is 9.91. The molecule has 7 heteroatoms. The van der Waals surface area contributed by atoms with E-state index in [1.54, 1.807) is 0 Å². The van der Waals surface area contributed by atoms with E-state index in [4.69, 9.17) is 14.5 Å². The third kappa shape index (κ3) is 7.78. The number of benzene rings is 3. The zero-order chi connectivity index (χ0) is 30.7. The van der Waals surface area contributed by atoms with Crippen molar-refractivity contribution in [2.45, 2.75) is 85.9 Å². The van der Waals surface area contributed by atoms with E-state index in [9.17, 15) is 9.59 Å². The molecule has 42 heavy (non-hydrogen) atoms. The van der Waals surface area contributed by atoms with Crippen molar-refractivity contribution in [1.82, 2.24) is 4.98 Å². The molecule has 2 N–H and O–H groups in total. The number of anilines is 2. The van der Waals surface area contributed by atoms with Crippen molar-refractivity contribution in [3.8, 4) is 11.3 Å². The Hall–Kier alpha value is -4.13. The predicted octanol–water partition coefficient (Wildman–Crippen LogP) is 9.73. The minimum absolute atomic E-state index is 0.387. The van der Waals surface area contributed by atoms with Crippen molar-refractivity contribution in [2.75, 3.05) is 10.6 Å². The van der Waals surface area contributed by atoms with Crippen LogP contribution in [0, 0.1) is 5.92 Å². The molecule has 1 unspecified atom stereocenters. The highest BCUT2D eigenvalue weighted by molar-refractivity contribution is 6.14. The van der Waals surface area contributed by atoms with Gasteiger partial charge in [-0.15, -0.1) is 0 Å². The van der Waals surface area contributed by atoms with E-state index in [0.717, 1.165) is 57.8 Å². The number of aromatic nitrogens is 1. The third-order valence-electron chi connectivity index (χ3n) is 6.73. The molecule has 222 valence electrons. The molecule has 4 rings (SSSR count). The molecule has 0 radical (unpaired) electrons. The highest BCUT2D eigenvalue weighted by Gasteiger charge is 2.22.